The van der Waals surface area contributed by atoms with Crippen LogP contribution in [-0.4, -0.2) is 24.7 Å². The number of hydrogen-bond donors (Lipinski definition) is 1. The fourth-order valence-corrected chi connectivity index (χ4v) is 4.28. The van der Waals surface area contributed by atoms with Crippen molar-refractivity contribution in [2.45, 2.75) is 50.8 Å². The maximum absolute atomic E-state index is 12.3. The number of thioether (sulfide) groups is 1. The second-order valence-corrected chi connectivity index (χ2v) is 8.10. The van der Waals surface area contributed by atoms with Crippen LogP contribution in [0.4, 0.5) is 0 Å². The molecule has 2 aromatic heterocycles. The van der Waals surface area contributed by atoms with Crippen LogP contribution in [0.1, 0.15) is 44.1 Å². The highest BCUT2D eigenvalue weighted by Crippen LogP contribution is 2.26. The number of benzene rings is 2. The first kappa shape index (κ1) is 21.1. The minimum Gasteiger partial charge on any atom is -0.483 e. The zero-order valence-electron chi connectivity index (χ0n) is 17.8. The van der Waals surface area contributed by atoms with E-state index in [1.807, 2.05) is 41.8 Å². The van der Waals surface area contributed by atoms with Crippen LogP contribution in [0.2, 0.25) is 0 Å². The predicted molar refractivity (Wildman–Crippen MR) is 122 cm³/mol. The van der Waals surface area contributed by atoms with E-state index in [9.17, 15) is 4.79 Å². The summed E-state index contributed by atoms with van der Waals surface area (Å²) in [7, 11) is 0. The monoisotopic (exact) mass is 435 g/mol. The fraction of sp³-hybridized carbons (Fsp3) is 0.304. The lowest BCUT2D eigenvalue weighted by Gasteiger charge is -2.16. The summed E-state index contributed by atoms with van der Waals surface area (Å²) in [5.41, 5.74) is 1.83. The second-order valence-electron chi connectivity index (χ2n) is 7.16. The van der Waals surface area contributed by atoms with Gasteiger partial charge in [0.1, 0.15) is 11.6 Å². The van der Waals surface area contributed by atoms with Crippen LogP contribution in [0.5, 0.6) is 5.75 Å². The number of ether oxygens (including phenoxy) is 1. The quantitative estimate of drug-likeness (QED) is 0.409. The van der Waals surface area contributed by atoms with Crippen LogP contribution in [0.25, 0.3) is 10.9 Å². The number of para-hydroxylation sites is 1. The number of aromatic nitrogens is 5. The normalized spacial score (nSPS) is 12.2. The molecular weight excluding hydrogens is 410 g/mol. The number of rotatable bonds is 8. The molecule has 7 nitrogen and oxygen atoms in total. The first-order valence-electron chi connectivity index (χ1n) is 10.4. The molecule has 0 bridgehead atoms. The van der Waals surface area contributed by atoms with Crippen molar-refractivity contribution in [3.63, 3.8) is 0 Å². The van der Waals surface area contributed by atoms with Crippen LogP contribution >= 0.6 is 11.8 Å². The Hall–Kier alpha value is -3.13. The van der Waals surface area contributed by atoms with Crippen LogP contribution < -0.4 is 10.3 Å². The molecule has 4 aromatic rings. The summed E-state index contributed by atoms with van der Waals surface area (Å²) in [5.74, 6) is 2.68. The van der Waals surface area contributed by atoms with E-state index < -0.39 is 0 Å². The van der Waals surface area contributed by atoms with Crippen molar-refractivity contribution in [2.75, 3.05) is 0 Å². The Balaban J connectivity index is 1.49. The third kappa shape index (κ3) is 4.64. The van der Waals surface area contributed by atoms with Gasteiger partial charge in [0.15, 0.2) is 17.1 Å². The van der Waals surface area contributed by atoms with E-state index in [-0.39, 0.29) is 11.7 Å². The topological polar surface area (TPSA) is 85.7 Å². The van der Waals surface area contributed by atoms with Gasteiger partial charge in [0.2, 0.25) is 0 Å². The van der Waals surface area contributed by atoms with Gasteiger partial charge in [0.05, 0.1) is 16.7 Å². The molecule has 1 N–H and O–H groups in total. The molecule has 160 valence electrons. The lowest BCUT2D eigenvalue weighted by molar-refractivity contribution is 0.210. The van der Waals surface area contributed by atoms with Gasteiger partial charge in [-0.3, -0.25) is 4.79 Å². The van der Waals surface area contributed by atoms with E-state index >= 15 is 0 Å². The van der Waals surface area contributed by atoms with Crippen molar-refractivity contribution in [1.82, 2.24) is 24.7 Å². The van der Waals surface area contributed by atoms with Crippen LogP contribution in [0, 0.1) is 0 Å². The van der Waals surface area contributed by atoms with Crippen LogP contribution in [0.15, 0.2) is 58.5 Å². The third-order valence-corrected chi connectivity index (χ3v) is 6.05. The Labute approximate surface area is 184 Å². The van der Waals surface area contributed by atoms with Gasteiger partial charge in [-0.15, -0.1) is 10.2 Å². The molecule has 4 rings (SSSR count). The molecule has 0 aliphatic rings. The zero-order chi connectivity index (χ0) is 21.8. The van der Waals surface area contributed by atoms with Crippen molar-refractivity contribution < 1.29 is 4.74 Å². The molecular formula is C23H25N5O2S. The lowest BCUT2D eigenvalue weighted by Crippen LogP contribution is -2.12. The molecule has 0 radical (unpaired) electrons. The lowest BCUT2D eigenvalue weighted by atomic mass is 10.2. The highest BCUT2D eigenvalue weighted by Gasteiger charge is 2.19. The molecule has 8 heteroatoms. The maximum atomic E-state index is 12.3. The molecule has 31 heavy (non-hydrogen) atoms. The number of fused-ring (bicyclic) bond motifs is 1. The van der Waals surface area contributed by atoms with Gasteiger partial charge in [-0.05, 0) is 50.1 Å². The Morgan fingerprint density at radius 1 is 1.10 bits per heavy atom. The number of hydrogen-bond acceptors (Lipinski definition) is 6. The van der Waals surface area contributed by atoms with Gasteiger partial charge in [0.25, 0.3) is 5.56 Å². The molecule has 0 fully saturated rings. The summed E-state index contributed by atoms with van der Waals surface area (Å²) < 4.78 is 8.13. The molecule has 0 spiro atoms. The summed E-state index contributed by atoms with van der Waals surface area (Å²) in [6.07, 6.45) is 0.755. The number of nitrogens with one attached hydrogen (secondary N) is 1. The Kier molecular flexibility index (Phi) is 6.36. The van der Waals surface area contributed by atoms with Crippen molar-refractivity contribution in [3.05, 3.63) is 76.1 Å². The first-order valence-corrected chi connectivity index (χ1v) is 11.4. The minimum atomic E-state index is -0.243. The molecule has 2 aromatic carbocycles. The molecule has 0 aliphatic heterocycles. The molecule has 0 unspecified atom stereocenters. The standard InChI is InChI=1S/C23H25N5O2S/c1-4-16-10-12-17(13-11-16)30-15(3)21-26-27-23(28(21)5-2)31-14-20-24-19-9-7-6-8-18(19)22(29)25-20/h6-13,15H,4-5,14H2,1-3H3,(H,24,25,29)/t15-/m1/s1. The molecule has 1 atom stereocenters. The molecule has 0 saturated carbocycles. The Morgan fingerprint density at radius 2 is 1.87 bits per heavy atom. The zero-order valence-corrected chi connectivity index (χ0v) is 18.6. The largest absolute Gasteiger partial charge is 0.483 e. The van der Waals surface area contributed by atoms with E-state index in [1.165, 1.54) is 17.3 Å². The van der Waals surface area contributed by atoms with Gasteiger partial charge in [0, 0.05) is 6.54 Å². The van der Waals surface area contributed by atoms with E-state index in [0.717, 1.165) is 29.7 Å². The number of aromatic amines is 1. The highest BCUT2D eigenvalue weighted by molar-refractivity contribution is 7.98. The Bertz CT molecular complexity index is 1230. The van der Waals surface area contributed by atoms with Gasteiger partial charge < -0.3 is 14.3 Å². The average Bonchev–Trinajstić information content (AvgIpc) is 3.21. The Morgan fingerprint density at radius 3 is 2.61 bits per heavy atom. The van der Waals surface area contributed by atoms with Crippen molar-refractivity contribution in [3.8, 4) is 5.75 Å². The SMILES string of the molecule is CCc1ccc(O[C@H](C)c2nnc(SCc3nc4ccccc4c(=O)[nH]3)n2CC)cc1. The predicted octanol–water partition coefficient (Wildman–Crippen LogP) is 4.53. The number of H-pyrrole nitrogens is 1. The average molecular weight is 436 g/mol. The van der Waals surface area contributed by atoms with Gasteiger partial charge >= 0.3 is 0 Å². The van der Waals surface area contributed by atoms with Crippen molar-refractivity contribution in [1.29, 1.82) is 0 Å². The second kappa shape index (κ2) is 9.34. The highest BCUT2D eigenvalue weighted by atomic mass is 32.2. The summed E-state index contributed by atoms with van der Waals surface area (Å²) in [6.45, 7) is 6.87. The fourth-order valence-electron chi connectivity index (χ4n) is 3.40. The molecule has 0 saturated heterocycles. The van der Waals surface area contributed by atoms with E-state index in [1.54, 1.807) is 6.07 Å². The molecule has 0 aliphatic carbocycles. The van der Waals surface area contributed by atoms with Crippen molar-refractivity contribution in [2.24, 2.45) is 0 Å². The first-order chi connectivity index (χ1) is 15.1. The van der Waals surface area contributed by atoms with Gasteiger partial charge in [-0.1, -0.05) is 43.0 Å². The van der Waals surface area contributed by atoms with E-state index in [2.05, 4.69) is 46.1 Å². The smallest absolute Gasteiger partial charge is 0.258 e. The number of nitrogens with zero attached hydrogens (tertiary/aromatic N) is 4. The third-order valence-electron chi connectivity index (χ3n) is 5.07. The summed E-state index contributed by atoms with van der Waals surface area (Å²) in [4.78, 5) is 19.7. The van der Waals surface area contributed by atoms with Crippen LogP contribution in [0.3, 0.4) is 0 Å². The molecule has 0 amide bonds. The summed E-state index contributed by atoms with van der Waals surface area (Å²) in [6, 6.07) is 15.4. The van der Waals surface area contributed by atoms with Crippen molar-refractivity contribution >= 4 is 22.7 Å². The van der Waals surface area contributed by atoms with Gasteiger partial charge in [-0.2, -0.15) is 0 Å². The molecule has 2 heterocycles. The number of aryl methyl sites for hydroxylation is 1. The van der Waals surface area contributed by atoms with Gasteiger partial charge in [-0.25, -0.2) is 4.98 Å². The summed E-state index contributed by atoms with van der Waals surface area (Å²) in [5, 5.41) is 10.1. The minimum absolute atomic E-state index is 0.130. The van der Waals surface area contributed by atoms with E-state index in [0.29, 0.717) is 22.5 Å². The van der Waals surface area contributed by atoms with Crippen LogP contribution in [-0.2, 0) is 18.7 Å². The van der Waals surface area contributed by atoms with E-state index in [4.69, 9.17) is 4.74 Å². The summed E-state index contributed by atoms with van der Waals surface area (Å²) >= 11 is 1.49. The maximum Gasteiger partial charge on any atom is 0.258 e.